The minimum Gasteiger partial charge on any atom is -0.466 e. The number of carbonyl (C=O) groups excluding carboxylic acids is 2. The van der Waals surface area contributed by atoms with Gasteiger partial charge in [-0.25, -0.2) is 9.59 Å². The highest BCUT2D eigenvalue weighted by Gasteiger charge is 2.43. The fraction of sp³-hybridized carbons (Fsp3) is 0.368. The number of urea groups is 1. The Morgan fingerprint density at radius 3 is 2.68 bits per heavy atom. The first-order valence-corrected chi connectivity index (χ1v) is 10.8. The van der Waals surface area contributed by atoms with Crippen molar-refractivity contribution in [1.29, 1.82) is 0 Å². The number of ether oxygens (including phenoxy) is 1. The van der Waals surface area contributed by atoms with Crippen LogP contribution in [0.1, 0.15) is 29.5 Å². The van der Waals surface area contributed by atoms with Crippen LogP contribution in [0.4, 0.5) is 4.79 Å². The number of thioether (sulfide) groups is 1. The van der Waals surface area contributed by atoms with Crippen LogP contribution in [0.5, 0.6) is 0 Å². The Balaban J connectivity index is 1.76. The van der Waals surface area contributed by atoms with Gasteiger partial charge in [0, 0.05) is 17.5 Å². The molecule has 1 saturated carbocycles. The Morgan fingerprint density at radius 1 is 1.32 bits per heavy atom. The Kier molecular flexibility index (Phi) is 5.36. The molecule has 7 nitrogen and oxygen atoms in total. The van der Waals surface area contributed by atoms with E-state index in [1.54, 1.807) is 4.90 Å². The Morgan fingerprint density at radius 2 is 2.07 bits per heavy atom. The van der Waals surface area contributed by atoms with Crippen LogP contribution >= 0.6 is 23.1 Å². The molecule has 28 heavy (non-hydrogen) atoms. The third-order valence-corrected chi connectivity index (χ3v) is 6.65. The van der Waals surface area contributed by atoms with E-state index in [1.165, 1.54) is 30.2 Å². The molecule has 1 aromatic carbocycles. The van der Waals surface area contributed by atoms with Crippen molar-refractivity contribution in [2.45, 2.75) is 36.2 Å². The average molecular weight is 417 g/mol. The van der Waals surface area contributed by atoms with Crippen LogP contribution in [0.15, 0.2) is 45.9 Å². The number of nitrogens with one attached hydrogen (secondary N) is 1. The maximum absolute atomic E-state index is 12.9. The monoisotopic (exact) mass is 416 g/mol. The summed E-state index contributed by atoms with van der Waals surface area (Å²) in [6.07, 6.45) is 1.87. The summed E-state index contributed by atoms with van der Waals surface area (Å²) in [5.74, 6) is 0.0234. The molecule has 1 N–H and O–H groups in total. The second-order valence-corrected chi connectivity index (χ2v) is 9.03. The van der Waals surface area contributed by atoms with Gasteiger partial charge in [0.15, 0.2) is 4.34 Å². The summed E-state index contributed by atoms with van der Waals surface area (Å²) in [6.45, 7) is 1.90. The maximum atomic E-state index is 12.9. The van der Waals surface area contributed by atoms with Crippen molar-refractivity contribution < 1.29 is 14.3 Å². The lowest BCUT2D eigenvalue weighted by Gasteiger charge is -2.36. The van der Waals surface area contributed by atoms with Crippen molar-refractivity contribution in [1.82, 2.24) is 20.4 Å². The highest BCUT2D eigenvalue weighted by molar-refractivity contribution is 8.01. The highest BCUT2D eigenvalue weighted by atomic mass is 32.2. The third-order valence-electron chi connectivity index (χ3n) is 4.67. The molecule has 1 aliphatic heterocycles. The van der Waals surface area contributed by atoms with E-state index in [0.29, 0.717) is 17.0 Å². The molecule has 0 bridgehead atoms. The number of amides is 2. The quantitative estimate of drug-likeness (QED) is 0.575. The van der Waals surface area contributed by atoms with Crippen LogP contribution in [0.2, 0.25) is 0 Å². The number of hydrogen-bond donors (Lipinski definition) is 1. The molecule has 1 aromatic heterocycles. The topological polar surface area (TPSA) is 84.4 Å². The summed E-state index contributed by atoms with van der Waals surface area (Å²) < 4.78 is 5.91. The van der Waals surface area contributed by atoms with E-state index in [2.05, 4.69) is 15.5 Å². The predicted molar refractivity (Wildman–Crippen MR) is 107 cm³/mol. The number of methoxy groups -OCH3 is 1. The lowest BCUT2D eigenvalue weighted by molar-refractivity contribution is -0.136. The summed E-state index contributed by atoms with van der Waals surface area (Å²) in [4.78, 5) is 27.4. The Bertz CT molecular complexity index is 924. The summed E-state index contributed by atoms with van der Waals surface area (Å²) in [7, 11) is 1.37. The standard InChI is InChI=1S/C19H20N4O3S2/c1-11-21-22-19(28-11)27-10-14-15(17(24)26-2)16(12-6-4-3-5-7-12)20-18(25)23(14)13-8-9-13/h3-7,13,16H,8-10H2,1-2H3,(H,20,25)/t16-/m0/s1. The number of benzene rings is 1. The molecule has 0 radical (unpaired) electrons. The Hall–Kier alpha value is -2.39. The van der Waals surface area contributed by atoms with E-state index in [-0.39, 0.29) is 12.1 Å². The van der Waals surface area contributed by atoms with Crippen LogP contribution in [0.25, 0.3) is 0 Å². The van der Waals surface area contributed by atoms with Gasteiger partial charge < -0.3 is 10.1 Å². The molecule has 2 amide bonds. The molecule has 146 valence electrons. The van der Waals surface area contributed by atoms with Crippen LogP contribution in [-0.2, 0) is 9.53 Å². The van der Waals surface area contributed by atoms with Crippen molar-refractivity contribution in [3.8, 4) is 0 Å². The van der Waals surface area contributed by atoms with Crippen LogP contribution in [-0.4, -0.2) is 46.0 Å². The van der Waals surface area contributed by atoms with E-state index >= 15 is 0 Å². The van der Waals surface area contributed by atoms with Gasteiger partial charge in [-0.15, -0.1) is 10.2 Å². The molecular weight excluding hydrogens is 396 g/mol. The van der Waals surface area contributed by atoms with Gasteiger partial charge >= 0.3 is 12.0 Å². The number of rotatable bonds is 6. The largest absolute Gasteiger partial charge is 0.466 e. The molecule has 1 atom stereocenters. The van der Waals surface area contributed by atoms with Crippen molar-refractivity contribution in [3.05, 3.63) is 52.2 Å². The van der Waals surface area contributed by atoms with E-state index in [9.17, 15) is 9.59 Å². The summed E-state index contributed by atoms with van der Waals surface area (Å²) >= 11 is 2.98. The van der Waals surface area contributed by atoms with Gasteiger partial charge in [-0.3, -0.25) is 4.90 Å². The molecule has 2 aromatic rings. The molecular formula is C19H20N4O3S2. The first kappa shape index (κ1) is 18.9. The second-order valence-electron chi connectivity index (χ2n) is 6.62. The van der Waals surface area contributed by atoms with Crippen molar-refractivity contribution >= 4 is 35.1 Å². The number of nitrogens with zero attached hydrogens (tertiary/aromatic N) is 3. The number of aryl methyl sites for hydroxylation is 1. The van der Waals surface area contributed by atoms with Gasteiger partial charge in [0.1, 0.15) is 5.01 Å². The van der Waals surface area contributed by atoms with Crippen LogP contribution < -0.4 is 5.32 Å². The van der Waals surface area contributed by atoms with E-state index in [1.807, 2.05) is 37.3 Å². The molecule has 0 spiro atoms. The van der Waals surface area contributed by atoms with Gasteiger partial charge in [0.05, 0.1) is 18.7 Å². The molecule has 4 rings (SSSR count). The molecule has 9 heteroatoms. The number of hydrogen-bond acceptors (Lipinski definition) is 7. The zero-order valence-electron chi connectivity index (χ0n) is 15.5. The summed E-state index contributed by atoms with van der Waals surface area (Å²) in [6, 6.07) is 8.91. The first-order valence-electron chi connectivity index (χ1n) is 8.97. The summed E-state index contributed by atoms with van der Waals surface area (Å²) in [5.41, 5.74) is 2.03. The number of carbonyl (C=O) groups is 2. The highest BCUT2D eigenvalue weighted by Crippen LogP contribution is 2.40. The van der Waals surface area contributed by atoms with Gasteiger partial charge in [-0.05, 0) is 25.3 Å². The minimum absolute atomic E-state index is 0.128. The summed E-state index contributed by atoms with van der Waals surface area (Å²) in [5, 5.41) is 12.1. The molecule has 1 aliphatic carbocycles. The number of aromatic nitrogens is 2. The van der Waals surface area contributed by atoms with Crippen molar-refractivity contribution in [2.75, 3.05) is 12.9 Å². The zero-order chi connectivity index (χ0) is 19.7. The SMILES string of the molecule is COC(=O)C1=C(CSc2nnc(C)s2)N(C2CC2)C(=O)N[C@H]1c1ccccc1. The number of esters is 1. The maximum Gasteiger partial charge on any atom is 0.338 e. The zero-order valence-corrected chi connectivity index (χ0v) is 17.2. The lowest BCUT2D eigenvalue weighted by Crippen LogP contribution is -2.50. The third kappa shape index (κ3) is 3.77. The smallest absolute Gasteiger partial charge is 0.338 e. The second kappa shape index (κ2) is 7.92. The first-order chi connectivity index (χ1) is 13.6. The van der Waals surface area contributed by atoms with E-state index in [0.717, 1.165) is 27.8 Å². The van der Waals surface area contributed by atoms with Crippen molar-refractivity contribution in [2.24, 2.45) is 0 Å². The molecule has 2 aliphatic rings. The Labute approximate surface area is 171 Å². The fourth-order valence-electron chi connectivity index (χ4n) is 3.26. The van der Waals surface area contributed by atoms with Gasteiger partial charge in [0.25, 0.3) is 0 Å². The van der Waals surface area contributed by atoms with Gasteiger partial charge in [0.2, 0.25) is 0 Å². The molecule has 1 fully saturated rings. The molecule has 0 unspecified atom stereocenters. The lowest BCUT2D eigenvalue weighted by atomic mass is 9.95. The molecule has 0 saturated heterocycles. The molecule has 2 heterocycles. The normalized spacial score (nSPS) is 19.6. The van der Waals surface area contributed by atoms with Gasteiger partial charge in [-0.1, -0.05) is 53.4 Å². The van der Waals surface area contributed by atoms with Crippen LogP contribution in [0.3, 0.4) is 0 Å². The van der Waals surface area contributed by atoms with E-state index < -0.39 is 12.0 Å². The van der Waals surface area contributed by atoms with Crippen LogP contribution in [0, 0.1) is 6.92 Å². The fourth-order valence-corrected chi connectivity index (χ4v) is 5.10. The minimum atomic E-state index is -0.539. The van der Waals surface area contributed by atoms with Crippen molar-refractivity contribution in [3.63, 3.8) is 0 Å². The average Bonchev–Trinajstić information content (AvgIpc) is 3.46. The van der Waals surface area contributed by atoms with Gasteiger partial charge in [-0.2, -0.15) is 0 Å². The van der Waals surface area contributed by atoms with E-state index in [4.69, 9.17) is 4.74 Å². The predicted octanol–water partition coefficient (Wildman–Crippen LogP) is 3.29.